The zero-order valence-electron chi connectivity index (χ0n) is 21.1. The van der Waals surface area contributed by atoms with Crippen LogP contribution in [0.2, 0.25) is 5.02 Å². The third kappa shape index (κ3) is 6.99. The van der Waals surface area contributed by atoms with E-state index in [1.54, 1.807) is 23.7 Å². The van der Waals surface area contributed by atoms with Crippen molar-refractivity contribution in [3.05, 3.63) is 80.4 Å². The summed E-state index contributed by atoms with van der Waals surface area (Å²) in [6, 6.07) is 12.3. The molecule has 202 valence electrons. The predicted octanol–water partition coefficient (Wildman–Crippen LogP) is 5.36. The van der Waals surface area contributed by atoms with Gasteiger partial charge in [0.25, 0.3) is 11.6 Å². The first-order valence-electron chi connectivity index (χ1n) is 11.7. The molecule has 0 aliphatic carbocycles. The molecule has 2 aromatic carbocycles. The first kappa shape index (κ1) is 28.2. The van der Waals surface area contributed by atoms with Crippen LogP contribution in [-0.4, -0.2) is 42.2 Å². The number of thioether (sulfide) groups is 1. The van der Waals surface area contributed by atoms with E-state index in [0.717, 1.165) is 11.3 Å². The van der Waals surface area contributed by atoms with Gasteiger partial charge in [0.05, 0.1) is 22.4 Å². The van der Waals surface area contributed by atoms with Crippen molar-refractivity contribution < 1.29 is 14.5 Å². The van der Waals surface area contributed by atoms with Crippen LogP contribution in [0.15, 0.2) is 59.1 Å². The number of nitro groups is 1. The smallest absolute Gasteiger partial charge is 0.270 e. The van der Waals surface area contributed by atoms with E-state index in [4.69, 9.17) is 11.6 Å². The fourth-order valence-electron chi connectivity index (χ4n) is 3.61. The van der Waals surface area contributed by atoms with Crippen LogP contribution in [0.3, 0.4) is 0 Å². The number of thiazole rings is 1. The van der Waals surface area contributed by atoms with Crippen LogP contribution in [0, 0.1) is 16.0 Å². The Balaban J connectivity index is 1.38. The third-order valence-electron chi connectivity index (χ3n) is 5.64. The second-order valence-corrected chi connectivity index (χ2v) is 11.0. The number of rotatable bonds is 10. The molecule has 39 heavy (non-hydrogen) atoms. The third-order valence-corrected chi connectivity index (χ3v) is 7.67. The molecule has 0 radical (unpaired) electrons. The van der Waals surface area contributed by atoms with Crippen LogP contribution < -0.4 is 10.6 Å². The summed E-state index contributed by atoms with van der Waals surface area (Å²) in [5.74, 6) is -0.194. The predicted molar refractivity (Wildman–Crippen MR) is 151 cm³/mol. The van der Waals surface area contributed by atoms with Gasteiger partial charge in [-0.3, -0.25) is 19.7 Å². The van der Waals surface area contributed by atoms with E-state index in [-0.39, 0.29) is 28.8 Å². The Labute approximate surface area is 237 Å². The minimum absolute atomic E-state index is 0.0589. The number of halogens is 1. The van der Waals surface area contributed by atoms with Crippen molar-refractivity contribution in [2.24, 2.45) is 13.0 Å². The Morgan fingerprint density at radius 2 is 1.92 bits per heavy atom. The molecule has 2 N–H and O–H groups in total. The van der Waals surface area contributed by atoms with Gasteiger partial charge in [-0.25, -0.2) is 4.98 Å². The lowest BCUT2D eigenvalue weighted by molar-refractivity contribution is -0.384. The van der Waals surface area contributed by atoms with E-state index in [1.807, 2.05) is 31.4 Å². The average Bonchev–Trinajstić information content (AvgIpc) is 3.52. The quantitative estimate of drug-likeness (QED) is 0.144. The summed E-state index contributed by atoms with van der Waals surface area (Å²) in [5.41, 5.74) is 1.64. The summed E-state index contributed by atoms with van der Waals surface area (Å²) in [6.45, 7) is 3.83. The lowest BCUT2D eigenvalue weighted by atomic mass is 10.0. The number of aromatic nitrogens is 4. The molecule has 0 aliphatic heterocycles. The van der Waals surface area contributed by atoms with Crippen molar-refractivity contribution in [2.75, 3.05) is 11.1 Å². The number of nitrogens with one attached hydrogen (secondary N) is 2. The van der Waals surface area contributed by atoms with Crippen molar-refractivity contribution in [1.29, 1.82) is 0 Å². The molecule has 2 amide bonds. The summed E-state index contributed by atoms with van der Waals surface area (Å²) < 4.78 is 1.72. The molecule has 1 atom stereocenters. The molecule has 0 aliphatic rings. The highest BCUT2D eigenvalue weighted by Gasteiger charge is 2.26. The highest BCUT2D eigenvalue weighted by atomic mass is 35.5. The molecule has 11 nitrogen and oxygen atoms in total. The highest BCUT2D eigenvalue weighted by Crippen LogP contribution is 2.27. The molecule has 4 aromatic rings. The van der Waals surface area contributed by atoms with Gasteiger partial charge in [-0.1, -0.05) is 55.4 Å². The summed E-state index contributed by atoms with van der Waals surface area (Å²) >= 11 is 8.46. The summed E-state index contributed by atoms with van der Waals surface area (Å²) in [6.07, 6.45) is 0. The zero-order valence-corrected chi connectivity index (χ0v) is 23.5. The van der Waals surface area contributed by atoms with Gasteiger partial charge in [0.1, 0.15) is 0 Å². The van der Waals surface area contributed by atoms with Crippen LogP contribution in [0.4, 0.5) is 10.8 Å². The minimum Gasteiger partial charge on any atom is -0.342 e. The van der Waals surface area contributed by atoms with Crippen molar-refractivity contribution in [1.82, 2.24) is 25.1 Å². The number of hydrogen-bond acceptors (Lipinski definition) is 9. The Kier molecular flexibility index (Phi) is 8.94. The molecule has 2 heterocycles. The van der Waals surface area contributed by atoms with Gasteiger partial charge in [0.15, 0.2) is 16.1 Å². The maximum atomic E-state index is 12.9. The number of non-ortho nitro benzene ring substituents is 1. The van der Waals surface area contributed by atoms with Gasteiger partial charge >= 0.3 is 0 Å². The molecule has 4 rings (SSSR count). The second-order valence-electron chi connectivity index (χ2n) is 8.78. The van der Waals surface area contributed by atoms with E-state index >= 15 is 0 Å². The largest absolute Gasteiger partial charge is 0.342 e. The fraction of sp³-hybridized carbons (Fsp3) is 0.240. The van der Waals surface area contributed by atoms with Crippen LogP contribution in [0.5, 0.6) is 0 Å². The van der Waals surface area contributed by atoms with Crippen LogP contribution in [0.25, 0.3) is 11.3 Å². The van der Waals surface area contributed by atoms with Crippen LogP contribution in [0.1, 0.15) is 36.1 Å². The number of carbonyl (C=O) groups is 2. The number of nitrogens with zero attached hydrogens (tertiary/aromatic N) is 5. The molecule has 0 saturated carbocycles. The SMILES string of the molecule is CC(C)[C@@H](NC(=O)c1cccc([N+](=O)[O-])c1)c1nnc(SCC(=O)Nc2nc(-c3ccc(Cl)cc3)cs2)n1C. The standard InChI is InChI=1S/C25H24ClN7O4S2/c1-14(2)21(29-23(35)16-5-4-6-18(11-16)33(36)37)22-30-31-25(32(22)3)39-13-20(34)28-24-27-19(12-38-24)15-7-9-17(26)10-8-15/h4-12,14,21H,13H2,1-3H3,(H,29,35)(H,27,28,34)/t21-/m1/s1. The number of benzene rings is 2. The molecular formula is C25H24ClN7O4S2. The Hall–Kier alpha value is -3.81. The molecule has 0 bridgehead atoms. The van der Waals surface area contributed by atoms with E-state index < -0.39 is 16.9 Å². The molecule has 0 spiro atoms. The van der Waals surface area contributed by atoms with Crippen molar-refractivity contribution in [2.45, 2.75) is 25.0 Å². The summed E-state index contributed by atoms with van der Waals surface area (Å²) in [4.78, 5) is 40.4. The molecule has 14 heteroatoms. The van der Waals surface area contributed by atoms with Gasteiger partial charge < -0.3 is 15.2 Å². The number of carbonyl (C=O) groups excluding carboxylic acids is 2. The zero-order chi connectivity index (χ0) is 28.1. The molecule has 2 aromatic heterocycles. The topological polar surface area (TPSA) is 145 Å². The minimum atomic E-state index is -0.549. The number of hydrogen-bond donors (Lipinski definition) is 2. The Morgan fingerprint density at radius 3 is 2.62 bits per heavy atom. The number of anilines is 1. The van der Waals surface area contributed by atoms with E-state index in [2.05, 4.69) is 25.8 Å². The van der Waals surface area contributed by atoms with Crippen molar-refractivity contribution in [3.63, 3.8) is 0 Å². The highest BCUT2D eigenvalue weighted by molar-refractivity contribution is 7.99. The van der Waals surface area contributed by atoms with Gasteiger partial charge in [-0.05, 0) is 24.1 Å². The second kappa shape index (κ2) is 12.4. The molecule has 0 unspecified atom stereocenters. The van der Waals surface area contributed by atoms with E-state index in [1.165, 1.54) is 47.4 Å². The maximum absolute atomic E-state index is 12.9. The van der Waals surface area contributed by atoms with E-state index in [9.17, 15) is 19.7 Å². The van der Waals surface area contributed by atoms with Crippen LogP contribution in [-0.2, 0) is 11.8 Å². The van der Waals surface area contributed by atoms with Crippen molar-refractivity contribution in [3.8, 4) is 11.3 Å². The fourth-order valence-corrected chi connectivity index (χ4v) is 5.19. The Bertz CT molecular complexity index is 1500. The lowest BCUT2D eigenvalue weighted by Crippen LogP contribution is -2.33. The lowest BCUT2D eigenvalue weighted by Gasteiger charge is -2.21. The normalized spacial score (nSPS) is 11.8. The number of amides is 2. The Morgan fingerprint density at radius 1 is 1.18 bits per heavy atom. The first-order valence-corrected chi connectivity index (χ1v) is 14.0. The van der Waals surface area contributed by atoms with Gasteiger partial charge in [0, 0.05) is 40.7 Å². The molecular weight excluding hydrogens is 562 g/mol. The average molecular weight is 586 g/mol. The van der Waals surface area contributed by atoms with Gasteiger partial charge in [-0.15, -0.1) is 21.5 Å². The number of nitro benzene ring substituents is 1. The van der Waals surface area contributed by atoms with Crippen LogP contribution >= 0.6 is 34.7 Å². The first-order chi connectivity index (χ1) is 18.6. The molecule has 0 saturated heterocycles. The molecule has 0 fully saturated rings. The van der Waals surface area contributed by atoms with Gasteiger partial charge in [-0.2, -0.15) is 0 Å². The van der Waals surface area contributed by atoms with E-state index in [0.29, 0.717) is 21.1 Å². The summed E-state index contributed by atoms with van der Waals surface area (Å²) in [7, 11) is 1.75. The maximum Gasteiger partial charge on any atom is 0.270 e. The monoisotopic (exact) mass is 585 g/mol. The van der Waals surface area contributed by atoms with Crippen molar-refractivity contribution >= 4 is 57.3 Å². The van der Waals surface area contributed by atoms with Gasteiger partial charge in [0.2, 0.25) is 5.91 Å². The summed E-state index contributed by atoms with van der Waals surface area (Å²) in [5, 5.41) is 28.7.